The Morgan fingerprint density at radius 3 is 2.00 bits per heavy atom. The van der Waals surface area contributed by atoms with Gasteiger partial charge in [-0.3, -0.25) is 0 Å². The topological polar surface area (TPSA) is 18.5 Å². The summed E-state index contributed by atoms with van der Waals surface area (Å²) in [5.41, 5.74) is 0. The average molecular weight is 205 g/mol. The third-order valence-corrected chi connectivity index (χ3v) is 1.50. The van der Waals surface area contributed by atoms with Gasteiger partial charge in [-0.15, -0.1) is 0 Å². The molecule has 0 aliphatic carbocycles. The van der Waals surface area contributed by atoms with Crippen LogP contribution in [0.25, 0.3) is 0 Å². The quantitative estimate of drug-likeness (QED) is 0.702. The number of hydrogen-bond acceptors (Lipinski definition) is 2. The minimum Gasteiger partial charge on any atom is -0.522 e. The second-order valence-corrected chi connectivity index (χ2v) is 2.70. The second-order valence-electron chi connectivity index (χ2n) is 2.70. The predicted octanol–water partition coefficient (Wildman–Crippen LogP) is 2.46. The Morgan fingerprint density at radius 2 is 1.57 bits per heavy atom. The third kappa shape index (κ3) is 3.59. The minimum absolute atomic E-state index is 0.185. The molecule has 0 radical (unpaired) electrons. The highest BCUT2D eigenvalue weighted by atomic mass is 19.4. The van der Waals surface area contributed by atoms with E-state index in [0.717, 1.165) is 0 Å². The standard InChI is InChI=1S/C8H9BF3O2/c1-13-7-2-4-8(5-3-7)14-6-9(10,11)12/h2-5H,6H2,1H3/q-1. The highest BCUT2D eigenvalue weighted by Gasteiger charge is 2.24. The van der Waals surface area contributed by atoms with Gasteiger partial charge in [0.1, 0.15) is 11.5 Å². The van der Waals surface area contributed by atoms with Crippen LogP contribution in [0.1, 0.15) is 0 Å². The summed E-state index contributed by atoms with van der Waals surface area (Å²) in [6, 6.07) is 5.94. The molecule has 0 fully saturated rings. The van der Waals surface area contributed by atoms with E-state index in [0.29, 0.717) is 5.75 Å². The fourth-order valence-corrected chi connectivity index (χ4v) is 0.863. The molecule has 6 heteroatoms. The van der Waals surface area contributed by atoms with E-state index in [4.69, 9.17) is 4.74 Å². The maximum atomic E-state index is 11.8. The highest BCUT2D eigenvalue weighted by Crippen LogP contribution is 2.18. The molecule has 0 amide bonds. The zero-order chi connectivity index (χ0) is 10.6. The summed E-state index contributed by atoms with van der Waals surface area (Å²) in [6.45, 7) is -6.11. The number of methoxy groups -OCH3 is 1. The first-order valence-corrected chi connectivity index (χ1v) is 3.99. The van der Waals surface area contributed by atoms with Gasteiger partial charge in [-0.05, 0) is 24.3 Å². The Kier molecular flexibility index (Phi) is 3.27. The molecule has 0 aromatic heterocycles. The lowest BCUT2D eigenvalue weighted by atomic mass is 9.95. The van der Waals surface area contributed by atoms with Crippen LogP contribution < -0.4 is 9.47 Å². The second kappa shape index (κ2) is 4.26. The van der Waals surface area contributed by atoms with Crippen molar-refractivity contribution in [1.82, 2.24) is 0 Å². The van der Waals surface area contributed by atoms with Crippen LogP contribution in [-0.4, -0.2) is 20.6 Å². The van der Waals surface area contributed by atoms with Crippen molar-refractivity contribution in [3.8, 4) is 11.5 Å². The van der Waals surface area contributed by atoms with Gasteiger partial charge in [0.25, 0.3) is 0 Å². The molecule has 1 aromatic rings. The normalized spacial score (nSPS) is 11.1. The molecule has 2 nitrogen and oxygen atoms in total. The van der Waals surface area contributed by atoms with Gasteiger partial charge in [0, 0.05) is 0 Å². The van der Waals surface area contributed by atoms with E-state index in [-0.39, 0.29) is 5.75 Å². The van der Waals surface area contributed by atoms with E-state index in [2.05, 4.69) is 4.74 Å². The van der Waals surface area contributed by atoms with Crippen LogP contribution in [0, 0.1) is 0 Å². The maximum Gasteiger partial charge on any atom is 0.515 e. The van der Waals surface area contributed by atoms with Gasteiger partial charge in [0.05, 0.1) is 13.6 Å². The van der Waals surface area contributed by atoms with Crippen molar-refractivity contribution in [3.63, 3.8) is 0 Å². The van der Waals surface area contributed by atoms with Gasteiger partial charge in [-0.25, -0.2) is 0 Å². The zero-order valence-corrected chi connectivity index (χ0v) is 7.54. The highest BCUT2D eigenvalue weighted by molar-refractivity contribution is 6.58. The summed E-state index contributed by atoms with van der Waals surface area (Å²) in [5, 5.41) is 0. The molecule has 0 unspecified atom stereocenters. The first-order chi connectivity index (χ1) is 6.51. The molecule has 0 saturated heterocycles. The van der Waals surface area contributed by atoms with E-state index in [9.17, 15) is 12.9 Å². The predicted molar refractivity (Wildman–Crippen MR) is 47.6 cm³/mol. The first-order valence-electron chi connectivity index (χ1n) is 3.99. The molecule has 0 aliphatic rings. The molecule has 0 saturated carbocycles. The molecular formula is C8H9BF3O2-. The molecule has 78 valence electrons. The summed E-state index contributed by atoms with van der Waals surface area (Å²) in [5.74, 6) is 0.764. The van der Waals surface area contributed by atoms with Crippen molar-refractivity contribution in [2.75, 3.05) is 13.6 Å². The number of hydrogen-bond donors (Lipinski definition) is 0. The maximum absolute atomic E-state index is 11.8. The fourth-order valence-electron chi connectivity index (χ4n) is 0.863. The van der Waals surface area contributed by atoms with Crippen LogP contribution in [-0.2, 0) is 0 Å². The summed E-state index contributed by atoms with van der Waals surface area (Å²) >= 11 is 0. The molecule has 0 spiro atoms. The van der Waals surface area contributed by atoms with E-state index in [1.165, 1.54) is 19.2 Å². The van der Waals surface area contributed by atoms with Crippen LogP contribution in [0.15, 0.2) is 24.3 Å². The van der Waals surface area contributed by atoms with E-state index >= 15 is 0 Å². The smallest absolute Gasteiger partial charge is 0.515 e. The number of rotatable bonds is 4. The summed E-state index contributed by atoms with van der Waals surface area (Å²) in [7, 11) is 1.48. The zero-order valence-electron chi connectivity index (χ0n) is 7.54. The largest absolute Gasteiger partial charge is 0.522 e. The molecule has 0 heterocycles. The van der Waals surface area contributed by atoms with Gasteiger partial charge in [0.2, 0.25) is 0 Å². The minimum atomic E-state index is -4.90. The summed E-state index contributed by atoms with van der Waals surface area (Å²) < 4.78 is 44.8. The van der Waals surface area contributed by atoms with Crippen molar-refractivity contribution in [3.05, 3.63) is 24.3 Å². The summed E-state index contributed by atoms with van der Waals surface area (Å²) in [6.07, 6.45) is 0. The Labute approximate surface area is 79.7 Å². The molecule has 0 bridgehead atoms. The van der Waals surface area contributed by atoms with Crippen molar-refractivity contribution in [1.29, 1.82) is 0 Å². The first kappa shape index (κ1) is 10.8. The Hall–Kier alpha value is -1.33. The molecule has 14 heavy (non-hydrogen) atoms. The van der Waals surface area contributed by atoms with E-state index in [1.807, 2.05) is 0 Å². The number of ether oxygens (including phenoxy) is 2. The molecule has 0 N–H and O–H groups in total. The van der Waals surface area contributed by atoms with Crippen molar-refractivity contribution in [2.45, 2.75) is 0 Å². The summed E-state index contributed by atoms with van der Waals surface area (Å²) in [4.78, 5) is 0. The van der Waals surface area contributed by atoms with Gasteiger partial charge < -0.3 is 22.4 Å². The lowest BCUT2D eigenvalue weighted by molar-refractivity contribution is 0.313. The monoisotopic (exact) mass is 205 g/mol. The average Bonchev–Trinajstić information content (AvgIpc) is 2.14. The van der Waals surface area contributed by atoms with Crippen LogP contribution in [0.4, 0.5) is 12.9 Å². The molecule has 1 rings (SSSR count). The fraction of sp³-hybridized carbons (Fsp3) is 0.250. The molecular weight excluding hydrogens is 196 g/mol. The number of benzene rings is 1. The van der Waals surface area contributed by atoms with Crippen molar-refractivity contribution >= 4 is 6.98 Å². The lowest BCUT2D eigenvalue weighted by Gasteiger charge is -2.14. The van der Waals surface area contributed by atoms with Gasteiger partial charge in [0.15, 0.2) is 0 Å². The van der Waals surface area contributed by atoms with Crippen LogP contribution in [0.5, 0.6) is 11.5 Å². The Bertz CT molecular complexity index is 284. The molecule has 0 atom stereocenters. The Balaban J connectivity index is 2.52. The SMILES string of the molecule is COc1ccc(OC[B-](F)(F)F)cc1. The van der Waals surface area contributed by atoms with Gasteiger partial charge in [-0.1, -0.05) is 0 Å². The van der Waals surface area contributed by atoms with E-state index < -0.39 is 13.5 Å². The molecule has 0 aliphatic heterocycles. The van der Waals surface area contributed by atoms with Gasteiger partial charge >= 0.3 is 6.98 Å². The Morgan fingerprint density at radius 1 is 1.07 bits per heavy atom. The van der Waals surface area contributed by atoms with E-state index in [1.54, 1.807) is 12.1 Å². The third-order valence-electron chi connectivity index (χ3n) is 1.50. The lowest BCUT2D eigenvalue weighted by Crippen LogP contribution is -2.26. The van der Waals surface area contributed by atoms with Crippen molar-refractivity contribution in [2.24, 2.45) is 0 Å². The van der Waals surface area contributed by atoms with Crippen LogP contribution >= 0.6 is 0 Å². The number of halogens is 3. The van der Waals surface area contributed by atoms with Gasteiger partial charge in [-0.2, -0.15) is 0 Å². The molecule has 1 aromatic carbocycles. The van der Waals surface area contributed by atoms with Crippen molar-refractivity contribution < 1.29 is 22.4 Å². The van der Waals surface area contributed by atoms with Crippen LogP contribution in [0.3, 0.4) is 0 Å². The van der Waals surface area contributed by atoms with Crippen LogP contribution in [0.2, 0.25) is 0 Å².